The molecular formula is C20H25N5. The maximum atomic E-state index is 4.35. The number of benzene rings is 1. The van der Waals surface area contributed by atoms with E-state index in [2.05, 4.69) is 57.6 Å². The maximum Gasteiger partial charge on any atom is 0.0568 e. The molecule has 0 unspecified atom stereocenters. The molecule has 4 rings (SSSR count). The average Bonchev–Trinajstić information content (AvgIpc) is 3.25. The Labute approximate surface area is 148 Å². The van der Waals surface area contributed by atoms with E-state index in [4.69, 9.17) is 0 Å². The number of nitrogens with zero attached hydrogens (tertiary/aromatic N) is 4. The highest BCUT2D eigenvalue weighted by Crippen LogP contribution is 2.33. The van der Waals surface area contributed by atoms with Crippen LogP contribution < -0.4 is 0 Å². The van der Waals surface area contributed by atoms with Crippen molar-refractivity contribution in [1.29, 1.82) is 0 Å². The number of hydrogen-bond donors (Lipinski definition) is 1. The van der Waals surface area contributed by atoms with E-state index in [0.29, 0.717) is 5.92 Å². The SMILES string of the molecule is Cc1ccc(-c2cn[nH]c2[C@H]2CCCN(Cc3cnn(C)c3)C2)cc1. The van der Waals surface area contributed by atoms with Crippen LogP contribution >= 0.6 is 0 Å². The van der Waals surface area contributed by atoms with Crippen LogP contribution in [0.3, 0.4) is 0 Å². The van der Waals surface area contributed by atoms with Crippen molar-refractivity contribution in [3.63, 3.8) is 0 Å². The van der Waals surface area contributed by atoms with Crippen LogP contribution in [-0.2, 0) is 13.6 Å². The number of nitrogens with one attached hydrogen (secondary N) is 1. The maximum absolute atomic E-state index is 4.35. The van der Waals surface area contributed by atoms with Gasteiger partial charge in [0, 0.05) is 49.1 Å². The van der Waals surface area contributed by atoms with Crippen LogP contribution in [0.5, 0.6) is 0 Å². The van der Waals surface area contributed by atoms with Crippen LogP contribution in [-0.4, -0.2) is 38.0 Å². The van der Waals surface area contributed by atoms with Crippen molar-refractivity contribution in [3.05, 3.63) is 59.7 Å². The molecule has 1 fully saturated rings. The van der Waals surface area contributed by atoms with Gasteiger partial charge in [-0.15, -0.1) is 0 Å². The lowest BCUT2D eigenvalue weighted by Gasteiger charge is -2.32. The van der Waals surface area contributed by atoms with E-state index >= 15 is 0 Å². The summed E-state index contributed by atoms with van der Waals surface area (Å²) in [6, 6.07) is 8.73. The third kappa shape index (κ3) is 3.51. The second kappa shape index (κ2) is 6.84. The van der Waals surface area contributed by atoms with Crippen molar-refractivity contribution in [2.24, 2.45) is 7.05 Å². The predicted molar refractivity (Wildman–Crippen MR) is 99.2 cm³/mol. The minimum absolute atomic E-state index is 0.504. The summed E-state index contributed by atoms with van der Waals surface area (Å²) in [6.45, 7) is 5.31. The molecule has 1 N–H and O–H groups in total. The van der Waals surface area contributed by atoms with Gasteiger partial charge in [-0.2, -0.15) is 10.2 Å². The zero-order valence-corrected chi connectivity index (χ0v) is 14.9. The van der Waals surface area contributed by atoms with Gasteiger partial charge >= 0.3 is 0 Å². The van der Waals surface area contributed by atoms with Gasteiger partial charge in [-0.3, -0.25) is 14.7 Å². The Kier molecular flexibility index (Phi) is 4.40. The second-order valence-corrected chi connectivity index (χ2v) is 7.16. The lowest BCUT2D eigenvalue weighted by molar-refractivity contribution is 0.198. The molecule has 2 aromatic heterocycles. The highest BCUT2D eigenvalue weighted by molar-refractivity contribution is 5.66. The Morgan fingerprint density at radius 3 is 2.80 bits per heavy atom. The molecule has 1 aliphatic rings. The Morgan fingerprint density at radius 1 is 1.20 bits per heavy atom. The van der Waals surface area contributed by atoms with Crippen molar-refractivity contribution in [1.82, 2.24) is 24.9 Å². The van der Waals surface area contributed by atoms with Gasteiger partial charge in [0.15, 0.2) is 0 Å². The van der Waals surface area contributed by atoms with E-state index in [1.54, 1.807) is 0 Å². The first-order chi connectivity index (χ1) is 12.2. The molecule has 0 aliphatic carbocycles. The summed E-state index contributed by atoms with van der Waals surface area (Å²) in [5.74, 6) is 0.504. The van der Waals surface area contributed by atoms with Crippen LogP contribution in [0.2, 0.25) is 0 Å². The third-order valence-electron chi connectivity index (χ3n) is 5.11. The third-order valence-corrected chi connectivity index (χ3v) is 5.11. The van der Waals surface area contributed by atoms with Crippen LogP contribution in [0.25, 0.3) is 11.1 Å². The van der Waals surface area contributed by atoms with Gasteiger partial charge in [-0.05, 0) is 31.9 Å². The van der Waals surface area contributed by atoms with Crippen molar-refractivity contribution < 1.29 is 0 Å². The number of likely N-dealkylation sites (tertiary alicyclic amines) is 1. The number of aromatic amines is 1. The zero-order valence-electron chi connectivity index (χ0n) is 14.9. The lowest BCUT2D eigenvalue weighted by Crippen LogP contribution is -2.34. The van der Waals surface area contributed by atoms with Crippen LogP contribution in [0, 0.1) is 6.92 Å². The Morgan fingerprint density at radius 2 is 2.04 bits per heavy atom. The molecule has 1 aromatic carbocycles. The smallest absolute Gasteiger partial charge is 0.0568 e. The molecule has 0 amide bonds. The van der Waals surface area contributed by atoms with Gasteiger partial charge in [0.1, 0.15) is 0 Å². The number of aromatic nitrogens is 4. The van der Waals surface area contributed by atoms with Gasteiger partial charge in [0.05, 0.1) is 12.4 Å². The van der Waals surface area contributed by atoms with Gasteiger partial charge in [0.2, 0.25) is 0 Å². The average molecular weight is 335 g/mol. The molecule has 1 atom stereocenters. The topological polar surface area (TPSA) is 49.7 Å². The minimum Gasteiger partial charge on any atom is -0.298 e. The summed E-state index contributed by atoms with van der Waals surface area (Å²) in [5, 5.41) is 11.9. The molecule has 0 saturated carbocycles. The molecule has 25 heavy (non-hydrogen) atoms. The first kappa shape index (κ1) is 16.1. The van der Waals surface area contributed by atoms with E-state index in [1.165, 1.54) is 40.8 Å². The summed E-state index contributed by atoms with van der Waals surface area (Å²) in [4.78, 5) is 2.53. The van der Waals surface area contributed by atoms with E-state index in [1.807, 2.05) is 24.1 Å². The molecule has 5 nitrogen and oxygen atoms in total. The van der Waals surface area contributed by atoms with Crippen LogP contribution in [0.1, 0.15) is 35.6 Å². The number of aryl methyl sites for hydroxylation is 2. The summed E-state index contributed by atoms with van der Waals surface area (Å²) in [6.07, 6.45) is 8.48. The van der Waals surface area contributed by atoms with E-state index in [0.717, 1.165) is 19.6 Å². The molecule has 1 saturated heterocycles. The Bertz CT molecular complexity index is 830. The fourth-order valence-electron chi connectivity index (χ4n) is 3.82. The van der Waals surface area contributed by atoms with Crippen LogP contribution in [0.4, 0.5) is 0 Å². The number of hydrogen-bond acceptors (Lipinski definition) is 3. The quantitative estimate of drug-likeness (QED) is 0.794. The lowest BCUT2D eigenvalue weighted by atomic mass is 9.90. The Balaban J connectivity index is 1.52. The van der Waals surface area contributed by atoms with Crippen molar-refractivity contribution >= 4 is 0 Å². The monoisotopic (exact) mass is 335 g/mol. The first-order valence-electron chi connectivity index (χ1n) is 8.99. The zero-order chi connectivity index (χ0) is 17.2. The minimum atomic E-state index is 0.504. The summed E-state index contributed by atoms with van der Waals surface area (Å²) >= 11 is 0. The summed E-state index contributed by atoms with van der Waals surface area (Å²) < 4.78 is 1.88. The second-order valence-electron chi connectivity index (χ2n) is 7.16. The molecular weight excluding hydrogens is 310 g/mol. The molecule has 0 spiro atoms. The molecule has 3 heterocycles. The van der Waals surface area contributed by atoms with E-state index in [9.17, 15) is 0 Å². The van der Waals surface area contributed by atoms with E-state index in [-0.39, 0.29) is 0 Å². The first-order valence-corrected chi connectivity index (χ1v) is 8.99. The van der Waals surface area contributed by atoms with Gasteiger partial charge in [0.25, 0.3) is 0 Å². The highest BCUT2D eigenvalue weighted by atomic mass is 15.2. The van der Waals surface area contributed by atoms with Gasteiger partial charge < -0.3 is 0 Å². The molecule has 130 valence electrons. The molecule has 0 radical (unpaired) electrons. The van der Waals surface area contributed by atoms with Gasteiger partial charge in [-0.1, -0.05) is 29.8 Å². The van der Waals surface area contributed by atoms with Gasteiger partial charge in [-0.25, -0.2) is 0 Å². The normalized spacial score (nSPS) is 18.6. The summed E-state index contributed by atoms with van der Waals surface area (Å²) in [5.41, 5.74) is 6.34. The molecule has 1 aliphatic heterocycles. The fraction of sp³-hybridized carbons (Fsp3) is 0.400. The molecule has 5 heteroatoms. The largest absolute Gasteiger partial charge is 0.298 e. The van der Waals surface area contributed by atoms with Crippen molar-refractivity contribution in [2.75, 3.05) is 13.1 Å². The standard InChI is InChI=1S/C20H25N5/c1-15-5-7-17(8-6-15)19-11-21-23-20(19)18-4-3-9-25(14-18)13-16-10-22-24(2)12-16/h5-8,10-12,18H,3-4,9,13-14H2,1-2H3,(H,21,23)/t18-/m0/s1. The highest BCUT2D eigenvalue weighted by Gasteiger charge is 2.25. The van der Waals surface area contributed by atoms with Crippen molar-refractivity contribution in [2.45, 2.75) is 32.2 Å². The van der Waals surface area contributed by atoms with E-state index < -0.39 is 0 Å². The molecule has 0 bridgehead atoms. The number of rotatable bonds is 4. The Hall–Kier alpha value is -2.40. The fourth-order valence-corrected chi connectivity index (χ4v) is 3.82. The number of piperidine rings is 1. The van der Waals surface area contributed by atoms with Crippen molar-refractivity contribution in [3.8, 4) is 11.1 Å². The summed E-state index contributed by atoms with van der Waals surface area (Å²) in [7, 11) is 1.97. The predicted octanol–water partition coefficient (Wildman–Crippen LogP) is 3.50. The number of H-pyrrole nitrogens is 1. The van der Waals surface area contributed by atoms with Crippen LogP contribution in [0.15, 0.2) is 42.9 Å². The molecule has 3 aromatic rings.